The number of amides is 1. The molecule has 0 aliphatic carbocycles. The van der Waals surface area contributed by atoms with Gasteiger partial charge >= 0.3 is 0 Å². The SMILES string of the molecule is O=CNc1c(Cl)cc(C(=O)C=O)cc1Cl. The van der Waals surface area contributed by atoms with Crippen LogP contribution in [-0.4, -0.2) is 18.5 Å². The fourth-order valence-corrected chi connectivity index (χ4v) is 1.58. The van der Waals surface area contributed by atoms with E-state index < -0.39 is 5.78 Å². The molecule has 4 nitrogen and oxygen atoms in total. The Balaban J connectivity index is 3.24. The van der Waals surface area contributed by atoms with Gasteiger partial charge in [-0.2, -0.15) is 0 Å². The fourth-order valence-electron chi connectivity index (χ4n) is 0.980. The molecule has 1 N–H and O–H groups in total. The van der Waals surface area contributed by atoms with Gasteiger partial charge in [0.15, 0.2) is 6.29 Å². The van der Waals surface area contributed by atoms with Gasteiger partial charge in [0.2, 0.25) is 12.2 Å². The van der Waals surface area contributed by atoms with E-state index in [-0.39, 0.29) is 27.6 Å². The van der Waals surface area contributed by atoms with E-state index in [0.717, 1.165) is 0 Å². The average Bonchev–Trinajstić information content (AvgIpc) is 2.22. The highest BCUT2D eigenvalue weighted by Gasteiger charge is 2.11. The number of carbonyl (C=O) groups excluding carboxylic acids is 3. The van der Waals surface area contributed by atoms with E-state index in [2.05, 4.69) is 5.32 Å². The minimum atomic E-state index is -0.726. The molecule has 0 fully saturated rings. The molecule has 0 spiro atoms. The van der Waals surface area contributed by atoms with Gasteiger partial charge in [-0.05, 0) is 12.1 Å². The molecule has 1 rings (SSSR count). The Morgan fingerprint density at radius 2 is 1.73 bits per heavy atom. The molecular formula is C9H5Cl2NO3. The summed E-state index contributed by atoms with van der Waals surface area (Å²) in [6.07, 6.45) is 0.573. The number of hydrogen-bond acceptors (Lipinski definition) is 3. The lowest BCUT2D eigenvalue weighted by atomic mass is 10.1. The standard InChI is InChI=1S/C9H5Cl2NO3/c10-6-1-5(8(15)3-13)2-7(11)9(6)12-4-14/h1-4H,(H,12,14). The molecule has 0 radical (unpaired) electrons. The van der Waals surface area contributed by atoms with E-state index in [4.69, 9.17) is 23.2 Å². The summed E-state index contributed by atoms with van der Waals surface area (Å²) in [4.78, 5) is 31.4. The van der Waals surface area contributed by atoms with Crippen LogP contribution in [-0.2, 0) is 9.59 Å². The van der Waals surface area contributed by atoms with Gasteiger partial charge in [0, 0.05) is 5.56 Å². The van der Waals surface area contributed by atoms with Crippen molar-refractivity contribution in [1.29, 1.82) is 0 Å². The van der Waals surface area contributed by atoms with E-state index in [0.29, 0.717) is 6.41 Å². The molecule has 1 aromatic rings. The molecule has 0 saturated heterocycles. The fraction of sp³-hybridized carbons (Fsp3) is 0. The summed E-state index contributed by atoms with van der Waals surface area (Å²) in [5.41, 5.74) is 0.284. The summed E-state index contributed by atoms with van der Waals surface area (Å²) in [6.45, 7) is 0. The molecule has 0 bridgehead atoms. The number of ketones is 1. The number of anilines is 1. The second kappa shape index (κ2) is 4.91. The smallest absolute Gasteiger partial charge is 0.225 e. The Labute approximate surface area is 95.2 Å². The first kappa shape index (κ1) is 11.7. The summed E-state index contributed by atoms with van der Waals surface area (Å²) >= 11 is 11.5. The van der Waals surface area contributed by atoms with Gasteiger partial charge in [0.05, 0.1) is 15.7 Å². The van der Waals surface area contributed by atoms with Crippen LogP contribution in [0.1, 0.15) is 10.4 Å². The third kappa shape index (κ3) is 2.55. The highest BCUT2D eigenvalue weighted by Crippen LogP contribution is 2.31. The third-order valence-electron chi connectivity index (χ3n) is 1.64. The van der Waals surface area contributed by atoms with E-state index >= 15 is 0 Å². The molecule has 1 amide bonds. The third-order valence-corrected chi connectivity index (χ3v) is 2.23. The summed E-state index contributed by atoms with van der Waals surface area (Å²) in [6, 6.07) is 2.52. The van der Waals surface area contributed by atoms with Crippen LogP contribution in [0.2, 0.25) is 10.0 Å². The van der Waals surface area contributed by atoms with Crippen molar-refractivity contribution in [3.8, 4) is 0 Å². The normalized spacial score (nSPS) is 9.47. The zero-order valence-corrected chi connectivity index (χ0v) is 8.80. The largest absolute Gasteiger partial charge is 0.326 e. The van der Waals surface area contributed by atoms with Crippen LogP contribution in [0, 0.1) is 0 Å². The van der Waals surface area contributed by atoms with Crippen molar-refractivity contribution in [2.24, 2.45) is 0 Å². The molecule has 6 heteroatoms. The number of nitrogens with one attached hydrogen (secondary N) is 1. The van der Waals surface area contributed by atoms with Crippen LogP contribution in [0.3, 0.4) is 0 Å². The first-order valence-corrected chi connectivity index (χ1v) is 4.54. The summed E-state index contributed by atoms with van der Waals surface area (Å²) < 4.78 is 0. The lowest BCUT2D eigenvalue weighted by molar-refractivity contribution is -0.105. The molecular weight excluding hydrogens is 241 g/mol. The first-order valence-electron chi connectivity index (χ1n) is 3.79. The summed E-state index contributed by atoms with van der Waals surface area (Å²) in [5.74, 6) is -0.726. The second-order valence-electron chi connectivity index (χ2n) is 2.56. The first-order chi connectivity index (χ1) is 7.10. The molecule has 0 aliphatic rings. The van der Waals surface area contributed by atoms with Crippen LogP contribution < -0.4 is 5.32 Å². The number of benzene rings is 1. The minimum Gasteiger partial charge on any atom is -0.326 e. The van der Waals surface area contributed by atoms with Gasteiger partial charge in [-0.3, -0.25) is 14.4 Å². The van der Waals surface area contributed by atoms with Crippen LogP contribution in [0.15, 0.2) is 12.1 Å². The summed E-state index contributed by atoms with van der Waals surface area (Å²) in [5, 5.41) is 2.48. The van der Waals surface area contributed by atoms with Crippen molar-refractivity contribution in [2.45, 2.75) is 0 Å². The maximum atomic E-state index is 11.0. The van der Waals surface area contributed by atoms with Gasteiger partial charge in [0.25, 0.3) is 0 Å². The van der Waals surface area contributed by atoms with Crippen molar-refractivity contribution in [3.63, 3.8) is 0 Å². The van der Waals surface area contributed by atoms with E-state index in [1.54, 1.807) is 0 Å². The average molecular weight is 246 g/mol. The van der Waals surface area contributed by atoms with Crippen molar-refractivity contribution in [1.82, 2.24) is 0 Å². The predicted octanol–water partition coefficient (Wildman–Crippen LogP) is 1.94. The predicted molar refractivity (Wildman–Crippen MR) is 56.5 cm³/mol. The Morgan fingerprint density at radius 1 is 1.20 bits per heavy atom. The highest BCUT2D eigenvalue weighted by atomic mass is 35.5. The van der Waals surface area contributed by atoms with E-state index in [1.807, 2.05) is 0 Å². The van der Waals surface area contributed by atoms with Gasteiger partial charge in [-0.15, -0.1) is 0 Å². The van der Waals surface area contributed by atoms with Gasteiger partial charge in [-0.25, -0.2) is 0 Å². The highest BCUT2D eigenvalue weighted by molar-refractivity contribution is 6.41. The molecule has 0 unspecified atom stereocenters. The molecule has 0 atom stereocenters. The molecule has 0 aliphatic heterocycles. The summed E-state index contributed by atoms with van der Waals surface area (Å²) in [7, 11) is 0. The number of Topliss-reactive ketones (excluding diaryl/α,β-unsaturated/α-hetero) is 1. The van der Waals surface area contributed by atoms with Crippen LogP contribution in [0.25, 0.3) is 0 Å². The van der Waals surface area contributed by atoms with Crippen molar-refractivity contribution in [3.05, 3.63) is 27.7 Å². The minimum absolute atomic E-state index is 0.0800. The van der Waals surface area contributed by atoms with E-state index in [1.165, 1.54) is 12.1 Å². The Morgan fingerprint density at radius 3 is 2.13 bits per heavy atom. The maximum absolute atomic E-state index is 11.0. The maximum Gasteiger partial charge on any atom is 0.225 e. The molecule has 1 aromatic carbocycles. The lowest BCUT2D eigenvalue weighted by Gasteiger charge is -2.06. The van der Waals surface area contributed by atoms with Gasteiger partial charge < -0.3 is 5.32 Å². The topological polar surface area (TPSA) is 63.2 Å². The lowest BCUT2D eigenvalue weighted by Crippen LogP contribution is -2.02. The Kier molecular flexibility index (Phi) is 3.82. The van der Waals surface area contributed by atoms with Crippen molar-refractivity contribution in [2.75, 3.05) is 5.32 Å². The van der Waals surface area contributed by atoms with Crippen LogP contribution in [0.4, 0.5) is 5.69 Å². The van der Waals surface area contributed by atoms with Crippen LogP contribution in [0.5, 0.6) is 0 Å². The van der Waals surface area contributed by atoms with Gasteiger partial charge in [-0.1, -0.05) is 23.2 Å². The molecule has 0 aromatic heterocycles. The van der Waals surface area contributed by atoms with Crippen molar-refractivity contribution >= 4 is 47.4 Å². The zero-order valence-electron chi connectivity index (χ0n) is 7.29. The number of hydrogen-bond donors (Lipinski definition) is 1. The Bertz CT molecular complexity index is 408. The monoisotopic (exact) mass is 245 g/mol. The molecule has 0 saturated carbocycles. The number of aldehydes is 1. The van der Waals surface area contributed by atoms with Crippen LogP contribution >= 0.6 is 23.2 Å². The number of rotatable bonds is 4. The van der Waals surface area contributed by atoms with E-state index in [9.17, 15) is 14.4 Å². The number of carbonyl (C=O) groups is 3. The van der Waals surface area contributed by atoms with Crippen molar-refractivity contribution < 1.29 is 14.4 Å². The molecule has 0 heterocycles. The Hall–Kier alpha value is -1.39. The number of halogens is 2. The molecule has 15 heavy (non-hydrogen) atoms. The molecule has 78 valence electrons. The van der Waals surface area contributed by atoms with Gasteiger partial charge in [0.1, 0.15) is 0 Å². The zero-order chi connectivity index (χ0) is 11.4. The quantitative estimate of drug-likeness (QED) is 0.501. The second-order valence-corrected chi connectivity index (χ2v) is 3.37.